The first kappa shape index (κ1) is 19.2. The fourth-order valence-electron chi connectivity index (χ4n) is 2.60. The van der Waals surface area contributed by atoms with Gasteiger partial charge in [-0.2, -0.15) is 0 Å². The highest BCUT2D eigenvalue weighted by molar-refractivity contribution is 5.94. The second-order valence-corrected chi connectivity index (χ2v) is 6.11. The summed E-state index contributed by atoms with van der Waals surface area (Å²) in [4.78, 5) is 23.2. The van der Waals surface area contributed by atoms with E-state index in [1.54, 1.807) is 0 Å². The fourth-order valence-corrected chi connectivity index (χ4v) is 2.60. The van der Waals surface area contributed by atoms with Gasteiger partial charge in [-0.25, -0.2) is 4.79 Å². The maximum atomic E-state index is 11.8. The zero-order valence-corrected chi connectivity index (χ0v) is 14.7. The molecule has 0 aliphatic heterocycles. The highest BCUT2D eigenvalue weighted by Crippen LogP contribution is 2.18. The molecule has 0 saturated heterocycles. The minimum absolute atomic E-state index is 0.200. The van der Waals surface area contributed by atoms with Crippen LogP contribution in [0.25, 0.3) is 0 Å². The summed E-state index contributed by atoms with van der Waals surface area (Å²) in [5.41, 5.74) is 2.55. The number of carbonyl (C=O) groups is 2. The minimum atomic E-state index is -0.434. The molecule has 1 rings (SSSR count). The third-order valence-electron chi connectivity index (χ3n) is 3.77. The van der Waals surface area contributed by atoms with Gasteiger partial charge in [0.25, 0.3) is 5.91 Å². The minimum Gasteiger partial charge on any atom is -0.338 e. The van der Waals surface area contributed by atoms with Crippen LogP contribution in [0.2, 0.25) is 0 Å². The highest BCUT2D eigenvalue weighted by atomic mass is 16.2. The Morgan fingerprint density at radius 2 is 1.78 bits per heavy atom. The lowest BCUT2D eigenvalue weighted by molar-refractivity contribution is -0.692. The third-order valence-corrected chi connectivity index (χ3v) is 3.77. The number of carbonyl (C=O) groups excluding carboxylic acids is 2. The molecule has 4 N–H and O–H groups in total. The van der Waals surface area contributed by atoms with Crippen molar-refractivity contribution in [2.45, 2.75) is 46.6 Å². The molecular weight excluding hydrogens is 290 g/mol. The Bertz CT molecular complexity index is 497. The first-order valence-corrected chi connectivity index (χ1v) is 8.47. The number of hydrogen-bond acceptors (Lipinski definition) is 2. The Morgan fingerprint density at radius 3 is 2.30 bits per heavy atom. The molecule has 1 aromatic rings. The van der Waals surface area contributed by atoms with Crippen LogP contribution in [0.5, 0.6) is 0 Å². The van der Waals surface area contributed by atoms with Crippen molar-refractivity contribution in [2.24, 2.45) is 5.92 Å². The predicted molar refractivity (Wildman–Crippen MR) is 92.0 cm³/mol. The normalized spacial score (nSPS) is 12.0. The SMILES string of the molecule is CCCc1ccc([C@H]([NH2+]CC(=O)NC(=O)NCC)C(C)C)cc1. The monoisotopic (exact) mass is 320 g/mol. The molecule has 5 nitrogen and oxygen atoms in total. The van der Waals surface area contributed by atoms with Crippen LogP contribution in [0.15, 0.2) is 24.3 Å². The molecule has 128 valence electrons. The van der Waals surface area contributed by atoms with Crippen molar-refractivity contribution in [3.63, 3.8) is 0 Å². The van der Waals surface area contributed by atoms with Gasteiger partial charge in [-0.3, -0.25) is 10.1 Å². The van der Waals surface area contributed by atoms with Gasteiger partial charge >= 0.3 is 6.03 Å². The van der Waals surface area contributed by atoms with E-state index in [0.717, 1.165) is 12.8 Å². The molecule has 5 heteroatoms. The summed E-state index contributed by atoms with van der Waals surface area (Å²) in [6.07, 6.45) is 2.23. The summed E-state index contributed by atoms with van der Waals surface area (Å²) in [5.74, 6) is 0.119. The molecular formula is C18H30N3O2+. The van der Waals surface area contributed by atoms with Crippen molar-refractivity contribution in [3.8, 4) is 0 Å². The van der Waals surface area contributed by atoms with Gasteiger partial charge in [0.2, 0.25) is 0 Å². The lowest BCUT2D eigenvalue weighted by atomic mass is 9.94. The lowest BCUT2D eigenvalue weighted by Gasteiger charge is -2.19. The summed E-state index contributed by atoms with van der Waals surface area (Å²) in [7, 11) is 0. The molecule has 0 radical (unpaired) electrons. The zero-order chi connectivity index (χ0) is 17.2. The number of nitrogens with one attached hydrogen (secondary N) is 2. The van der Waals surface area contributed by atoms with E-state index in [1.165, 1.54) is 11.1 Å². The van der Waals surface area contributed by atoms with Crippen LogP contribution in [0.3, 0.4) is 0 Å². The van der Waals surface area contributed by atoms with E-state index in [0.29, 0.717) is 12.5 Å². The van der Waals surface area contributed by atoms with Crippen molar-refractivity contribution >= 4 is 11.9 Å². The average Bonchev–Trinajstić information content (AvgIpc) is 2.49. The lowest BCUT2D eigenvalue weighted by Crippen LogP contribution is -2.88. The standard InChI is InChI=1S/C18H29N3O2/c1-5-7-14-8-10-15(11-9-14)17(13(3)4)20-12-16(22)21-18(23)19-6-2/h8-11,13,17,20H,5-7,12H2,1-4H3,(H2,19,21,22,23)/p+1/t17-/m1/s1. The molecule has 0 heterocycles. The van der Waals surface area contributed by atoms with Crippen LogP contribution in [0.4, 0.5) is 4.79 Å². The van der Waals surface area contributed by atoms with Crippen LogP contribution in [0.1, 0.15) is 51.3 Å². The molecule has 0 unspecified atom stereocenters. The third kappa shape index (κ3) is 6.82. The van der Waals surface area contributed by atoms with E-state index >= 15 is 0 Å². The number of rotatable bonds is 8. The van der Waals surface area contributed by atoms with Gasteiger partial charge in [0.15, 0.2) is 6.54 Å². The van der Waals surface area contributed by atoms with Crippen LogP contribution < -0.4 is 16.0 Å². The number of aryl methyl sites for hydroxylation is 1. The largest absolute Gasteiger partial charge is 0.338 e. The molecule has 0 aromatic heterocycles. The van der Waals surface area contributed by atoms with E-state index in [-0.39, 0.29) is 18.5 Å². The van der Waals surface area contributed by atoms with E-state index in [1.807, 2.05) is 12.2 Å². The quantitative estimate of drug-likeness (QED) is 0.682. The van der Waals surface area contributed by atoms with Crippen LogP contribution >= 0.6 is 0 Å². The first-order chi connectivity index (χ1) is 11.0. The van der Waals surface area contributed by atoms with Crippen molar-refractivity contribution in [2.75, 3.05) is 13.1 Å². The number of nitrogens with two attached hydrogens (primary N) is 1. The van der Waals surface area contributed by atoms with E-state index in [4.69, 9.17) is 0 Å². The van der Waals surface area contributed by atoms with Gasteiger partial charge < -0.3 is 10.6 Å². The van der Waals surface area contributed by atoms with Crippen molar-refractivity contribution in [1.29, 1.82) is 0 Å². The molecule has 0 saturated carbocycles. The van der Waals surface area contributed by atoms with Crippen molar-refractivity contribution < 1.29 is 14.9 Å². The van der Waals surface area contributed by atoms with Crippen molar-refractivity contribution in [1.82, 2.24) is 10.6 Å². The molecule has 0 fully saturated rings. The van der Waals surface area contributed by atoms with Gasteiger partial charge in [0, 0.05) is 18.0 Å². The maximum Gasteiger partial charge on any atom is 0.321 e. The Balaban J connectivity index is 2.61. The average molecular weight is 320 g/mol. The number of quaternary nitrogens is 1. The Morgan fingerprint density at radius 1 is 1.13 bits per heavy atom. The molecule has 0 aliphatic rings. The second kappa shape index (κ2) is 10.0. The Hall–Kier alpha value is -1.88. The van der Waals surface area contributed by atoms with E-state index in [9.17, 15) is 9.59 Å². The number of amides is 3. The molecule has 0 aliphatic carbocycles. The fraction of sp³-hybridized carbons (Fsp3) is 0.556. The summed E-state index contributed by atoms with van der Waals surface area (Å²) in [6, 6.07) is 8.39. The van der Waals surface area contributed by atoms with E-state index in [2.05, 4.69) is 55.7 Å². The van der Waals surface area contributed by atoms with Gasteiger partial charge in [-0.1, -0.05) is 51.5 Å². The first-order valence-electron chi connectivity index (χ1n) is 8.47. The summed E-state index contributed by atoms with van der Waals surface area (Å²) in [5, 5.41) is 6.88. The molecule has 1 aromatic carbocycles. The summed E-state index contributed by atoms with van der Waals surface area (Å²) in [6.45, 7) is 9.00. The van der Waals surface area contributed by atoms with Crippen molar-refractivity contribution in [3.05, 3.63) is 35.4 Å². The van der Waals surface area contributed by atoms with Crippen LogP contribution in [0, 0.1) is 5.92 Å². The molecule has 23 heavy (non-hydrogen) atoms. The molecule has 1 atom stereocenters. The highest BCUT2D eigenvalue weighted by Gasteiger charge is 2.21. The molecule has 0 spiro atoms. The smallest absolute Gasteiger partial charge is 0.321 e. The summed E-state index contributed by atoms with van der Waals surface area (Å²) < 4.78 is 0. The van der Waals surface area contributed by atoms with Gasteiger partial charge in [-0.05, 0) is 18.9 Å². The Kier molecular flexibility index (Phi) is 8.33. The van der Waals surface area contributed by atoms with Gasteiger partial charge in [0.1, 0.15) is 6.04 Å². The Labute approximate surface area is 139 Å². The number of hydrogen-bond donors (Lipinski definition) is 3. The second-order valence-electron chi connectivity index (χ2n) is 6.11. The van der Waals surface area contributed by atoms with Crippen LogP contribution in [-0.2, 0) is 11.2 Å². The van der Waals surface area contributed by atoms with Crippen LogP contribution in [-0.4, -0.2) is 25.0 Å². The topological polar surface area (TPSA) is 74.8 Å². The number of urea groups is 1. The van der Waals surface area contributed by atoms with Gasteiger partial charge in [-0.15, -0.1) is 0 Å². The molecule has 3 amide bonds. The van der Waals surface area contributed by atoms with Gasteiger partial charge in [0.05, 0.1) is 0 Å². The number of imide groups is 1. The predicted octanol–water partition coefficient (Wildman–Crippen LogP) is 1.75. The zero-order valence-electron chi connectivity index (χ0n) is 14.7. The van der Waals surface area contributed by atoms with E-state index < -0.39 is 6.03 Å². The number of benzene rings is 1. The molecule has 0 bridgehead atoms. The maximum absolute atomic E-state index is 11.8. The summed E-state index contributed by atoms with van der Waals surface area (Å²) >= 11 is 0.